The fourth-order valence-corrected chi connectivity index (χ4v) is 1.29. The molecule has 0 radical (unpaired) electrons. The van der Waals surface area contributed by atoms with Gasteiger partial charge in [0.25, 0.3) is 0 Å². The maximum absolute atomic E-state index is 11.3. The summed E-state index contributed by atoms with van der Waals surface area (Å²) in [6, 6.07) is 0. The van der Waals surface area contributed by atoms with Crippen molar-refractivity contribution in [3.05, 3.63) is 0 Å². The molecule has 0 atom stereocenters. The first kappa shape index (κ1) is 12.8. The third-order valence-corrected chi connectivity index (χ3v) is 2.28. The molecular weight excluding hydrogens is 238 g/mol. The molecule has 80 valence electrons. The third-order valence-electron chi connectivity index (χ3n) is 0.761. The molecule has 0 heterocycles. The van der Waals surface area contributed by atoms with E-state index in [-0.39, 0.29) is 0 Å². The van der Waals surface area contributed by atoms with E-state index < -0.39 is 25.7 Å². The fraction of sp³-hybridized carbons (Fsp3) is 1.00. The van der Waals surface area contributed by atoms with E-state index >= 15 is 0 Å². The second kappa shape index (κ2) is 3.18. The van der Waals surface area contributed by atoms with E-state index in [0.29, 0.717) is 0 Å². The molecule has 0 aliphatic carbocycles. The number of hydrogen-bond donors (Lipinski definition) is 0. The Hall–Kier alpha value is -0.200. The van der Waals surface area contributed by atoms with Crippen LogP contribution in [0.5, 0.6) is 0 Å². The lowest BCUT2D eigenvalue weighted by Gasteiger charge is -2.24. The minimum atomic E-state index is -6.30. The lowest BCUT2D eigenvalue weighted by Crippen LogP contribution is -2.27. The van der Waals surface area contributed by atoms with Gasteiger partial charge in [-0.1, -0.05) is 0 Å². The normalized spacial score (nSPS) is 15.2. The molecule has 0 saturated heterocycles. The highest BCUT2D eigenvalue weighted by molar-refractivity contribution is 7.60. The summed E-state index contributed by atoms with van der Waals surface area (Å²) >= 11 is 0. The molecule has 0 aromatic carbocycles. The topological polar surface area (TPSA) is 0 Å². The first-order valence-corrected chi connectivity index (χ1v) is 3.71. The second-order valence-electron chi connectivity index (χ2n) is 1.74. The van der Waals surface area contributed by atoms with Gasteiger partial charge in [0.05, 0.1) is 0 Å². The number of hydrogen-bond acceptors (Lipinski definition) is 0. The number of alkyl halides is 9. The standard InChI is InChI=1S/C3F9P/c4-1(5,6)13(2(7,8)9)3(10,11)12. The van der Waals surface area contributed by atoms with Crippen LogP contribution in [0.1, 0.15) is 0 Å². The van der Waals surface area contributed by atoms with Crippen molar-refractivity contribution in [2.45, 2.75) is 17.8 Å². The van der Waals surface area contributed by atoms with Crippen LogP contribution in [0.2, 0.25) is 0 Å². The van der Waals surface area contributed by atoms with Gasteiger partial charge >= 0.3 is 17.8 Å². The largest absolute Gasteiger partial charge is 0.422 e. The molecule has 0 aliphatic rings. The van der Waals surface area contributed by atoms with Gasteiger partial charge < -0.3 is 0 Å². The van der Waals surface area contributed by atoms with Crippen molar-refractivity contribution in [3.63, 3.8) is 0 Å². The molecule has 0 N–H and O–H groups in total. The maximum atomic E-state index is 11.3. The average Bonchev–Trinajstić information content (AvgIpc) is 1.44. The van der Waals surface area contributed by atoms with E-state index in [1.54, 1.807) is 0 Å². The highest BCUT2D eigenvalue weighted by Crippen LogP contribution is 2.72. The monoisotopic (exact) mass is 238 g/mol. The highest BCUT2D eigenvalue weighted by atomic mass is 31.1. The predicted molar refractivity (Wildman–Crippen MR) is 25.1 cm³/mol. The van der Waals surface area contributed by atoms with E-state index in [4.69, 9.17) is 0 Å². The molecule has 0 aliphatic heterocycles. The van der Waals surface area contributed by atoms with Gasteiger partial charge in [-0.3, -0.25) is 0 Å². The molecule has 0 amide bonds. The maximum Gasteiger partial charge on any atom is 0.422 e. The predicted octanol–water partition coefficient (Wildman–Crippen LogP) is 4.03. The van der Waals surface area contributed by atoms with Gasteiger partial charge in [-0.25, -0.2) is 0 Å². The van der Waals surface area contributed by atoms with Crippen LogP contribution in [0.4, 0.5) is 39.5 Å². The zero-order valence-corrected chi connectivity index (χ0v) is 6.24. The minimum absolute atomic E-state index is 5.98. The van der Waals surface area contributed by atoms with Crippen LogP contribution in [-0.2, 0) is 0 Å². The van der Waals surface area contributed by atoms with Crippen LogP contribution in [-0.4, -0.2) is 17.8 Å². The summed E-state index contributed by atoms with van der Waals surface area (Å²) in [7, 11) is -5.98. The molecule has 0 aromatic heterocycles. The number of halogens is 9. The summed E-state index contributed by atoms with van der Waals surface area (Å²) < 4.78 is 102. The number of rotatable bonds is 0. The minimum Gasteiger partial charge on any atom is -0.166 e. The molecule has 0 rings (SSSR count). The van der Waals surface area contributed by atoms with Gasteiger partial charge in [0.15, 0.2) is 0 Å². The SMILES string of the molecule is FC(F)(F)P(C(F)(F)F)C(F)(F)F. The Labute approximate surface area is 66.5 Å². The van der Waals surface area contributed by atoms with Gasteiger partial charge in [-0.2, -0.15) is 39.5 Å². The first-order chi connectivity index (χ1) is 5.37. The zero-order valence-electron chi connectivity index (χ0n) is 5.35. The smallest absolute Gasteiger partial charge is 0.166 e. The van der Waals surface area contributed by atoms with Crippen LogP contribution < -0.4 is 0 Å². The zero-order chi connectivity index (χ0) is 11.1. The lowest BCUT2D eigenvalue weighted by atomic mass is 11.5. The van der Waals surface area contributed by atoms with Crippen LogP contribution >= 0.6 is 7.92 Å². The van der Waals surface area contributed by atoms with Crippen molar-refractivity contribution < 1.29 is 39.5 Å². The summed E-state index contributed by atoms with van der Waals surface area (Å²) in [5, 5.41) is 0. The summed E-state index contributed by atoms with van der Waals surface area (Å²) in [5.41, 5.74) is 0. The molecule has 13 heavy (non-hydrogen) atoms. The summed E-state index contributed by atoms with van der Waals surface area (Å²) in [4.78, 5) is 0. The van der Waals surface area contributed by atoms with Crippen LogP contribution in [0.3, 0.4) is 0 Å². The van der Waals surface area contributed by atoms with E-state index in [9.17, 15) is 39.5 Å². The molecule has 0 fully saturated rings. The van der Waals surface area contributed by atoms with Crippen molar-refractivity contribution in [3.8, 4) is 0 Å². The molecule has 0 aromatic rings. The summed E-state index contributed by atoms with van der Waals surface area (Å²) in [5.74, 6) is -18.9. The second-order valence-corrected chi connectivity index (χ2v) is 3.93. The van der Waals surface area contributed by atoms with E-state index in [1.807, 2.05) is 0 Å². The Morgan fingerprint density at radius 1 is 0.462 bits per heavy atom. The molecule has 0 unspecified atom stereocenters. The van der Waals surface area contributed by atoms with Gasteiger partial charge in [-0.15, -0.1) is 0 Å². The van der Waals surface area contributed by atoms with Gasteiger partial charge in [0.2, 0.25) is 7.92 Å². The molecule has 0 spiro atoms. The lowest BCUT2D eigenvalue weighted by molar-refractivity contribution is -0.123. The molecule has 10 heteroatoms. The summed E-state index contributed by atoms with van der Waals surface area (Å²) in [6.45, 7) is 0. The van der Waals surface area contributed by atoms with Crippen molar-refractivity contribution in [2.24, 2.45) is 0 Å². The summed E-state index contributed by atoms with van der Waals surface area (Å²) in [6.07, 6.45) is 0. The fourth-order valence-electron chi connectivity index (χ4n) is 0.431. The van der Waals surface area contributed by atoms with Crippen molar-refractivity contribution in [2.75, 3.05) is 0 Å². The Morgan fingerprint density at radius 2 is 0.615 bits per heavy atom. The Morgan fingerprint density at radius 3 is 0.615 bits per heavy atom. The van der Waals surface area contributed by atoms with E-state index in [0.717, 1.165) is 0 Å². The van der Waals surface area contributed by atoms with Gasteiger partial charge in [0, 0.05) is 0 Å². The van der Waals surface area contributed by atoms with E-state index in [2.05, 4.69) is 0 Å². The van der Waals surface area contributed by atoms with Crippen LogP contribution in [0, 0.1) is 0 Å². The average molecular weight is 238 g/mol. The third kappa shape index (κ3) is 3.58. The molecule has 0 nitrogen and oxygen atoms in total. The first-order valence-electron chi connectivity index (χ1n) is 2.37. The Kier molecular flexibility index (Phi) is 3.13. The molecular formula is C3F9P. The van der Waals surface area contributed by atoms with Crippen molar-refractivity contribution >= 4 is 7.92 Å². The van der Waals surface area contributed by atoms with Gasteiger partial charge in [0.1, 0.15) is 0 Å². The van der Waals surface area contributed by atoms with Crippen molar-refractivity contribution in [1.82, 2.24) is 0 Å². The van der Waals surface area contributed by atoms with Crippen LogP contribution in [0.15, 0.2) is 0 Å². The Bertz CT molecular complexity index is 137. The Balaban J connectivity index is 5.02. The molecule has 0 bridgehead atoms. The van der Waals surface area contributed by atoms with E-state index in [1.165, 1.54) is 0 Å². The molecule has 0 saturated carbocycles. The highest BCUT2D eigenvalue weighted by Gasteiger charge is 2.70. The quantitative estimate of drug-likeness (QED) is 0.441. The van der Waals surface area contributed by atoms with Crippen LogP contribution in [0.25, 0.3) is 0 Å². The van der Waals surface area contributed by atoms with Gasteiger partial charge in [-0.05, 0) is 0 Å². The van der Waals surface area contributed by atoms with Crippen molar-refractivity contribution in [1.29, 1.82) is 0 Å².